The van der Waals surface area contributed by atoms with Crippen LogP contribution >= 0.6 is 0 Å². The van der Waals surface area contributed by atoms with Crippen molar-refractivity contribution >= 4 is 11.8 Å². The van der Waals surface area contributed by atoms with Gasteiger partial charge in [-0.05, 0) is 48.2 Å². The zero-order valence-electron chi connectivity index (χ0n) is 13.1. The van der Waals surface area contributed by atoms with Crippen LogP contribution in [0.4, 0.5) is 0 Å². The molecule has 0 saturated heterocycles. The summed E-state index contributed by atoms with van der Waals surface area (Å²) in [7, 11) is 0. The highest BCUT2D eigenvalue weighted by Crippen LogP contribution is 2.37. The van der Waals surface area contributed by atoms with E-state index >= 15 is 0 Å². The molecule has 24 heavy (non-hydrogen) atoms. The molecule has 0 spiro atoms. The van der Waals surface area contributed by atoms with E-state index in [0.717, 1.165) is 24.0 Å². The molecule has 0 aliphatic heterocycles. The molecule has 120 valence electrons. The van der Waals surface area contributed by atoms with E-state index in [2.05, 4.69) is 6.07 Å². The Hall–Kier alpha value is -3.13. The largest absolute Gasteiger partial charge is 0.368 e. The summed E-state index contributed by atoms with van der Waals surface area (Å²) < 4.78 is 0. The molecule has 2 N–H and O–H groups in total. The number of benzene rings is 2. The van der Waals surface area contributed by atoms with Gasteiger partial charge in [-0.2, -0.15) is 5.26 Å². The summed E-state index contributed by atoms with van der Waals surface area (Å²) in [6.07, 6.45) is 1.53. The van der Waals surface area contributed by atoms with E-state index in [1.807, 2.05) is 12.1 Å². The van der Waals surface area contributed by atoms with Crippen molar-refractivity contribution in [3.05, 3.63) is 70.8 Å². The molecule has 1 aliphatic carbocycles. The van der Waals surface area contributed by atoms with Gasteiger partial charge in [0.1, 0.15) is 6.54 Å². The second kappa shape index (κ2) is 6.55. The predicted octanol–water partition coefficient (Wildman–Crippen LogP) is 2.17. The third-order valence-electron chi connectivity index (χ3n) is 4.31. The predicted molar refractivity (Wildman–Crippen MR) is 88.9 cm³/mol. The normalized spacial score (nSPS) is 15.4. The zero-order valence-corrected chi connectivity index (χ0v) is 13.1. The van der Waals surface area contributed by atoms with Gasteiger partial charge in [0.15, 0.2) is 0 Å². The maximum Gasteiger partial charge on any atom is 0.254 e. The van der Waals surface area contributed by atoms with Crippen molar-refractivity contribution in [3.63, 3.8) is 0 Å². The fourth-order valence-corrected chi connectivity index (χ4v) is 3.21. The number of rotatable bonds is 4. The Kier molecular flexibility index (Phi) is 4.30. The number of carbonyl (C=O) groups is 2. The first kappa shape index (κ1) is 15.8. The lowest BCUT2D eigenvalue weighted by atomic mass is 10.0. The number of nitriles is 1. The van der Waals surface area contributed by atoms with Crippen molar-refractivity contribution in [2.24, 2.45) is 5.73 Å². The molecular weight excluding hydrogens is 302 g/mol. The van der Waals surface area contributed by atoms with Crippen LogP contribution in [0.1, 0.15) is 39.5 Å². The summed E-state index contributed by atoms with van der Waals surface area (Å²) in [6.45, 7) is -0.144. The first-order valence-corrected chi connectivity index (χ1v) is 7.77. The SMILES string of the molecule is N#Cc1ccc2c(c1)C(N(CC(N)=O)C(=O)c1ccccc1)CC2. The molecule has 3 rings (SSSR count). The third-order valence-corrected chi connectivity index (χ3v) is 4.31. The summed E-state index contributed by atoms with van der Waals surface area (Å²) in [6, 6.07) is 16.2. The number of fused-ring (bicyclic) bond motifs is 1. The van der Waals surface area contributed by atoms with Crippen molar-refractivity contribution < 1.29 is 9.59 Å². The minimum atomic E-state index is -0.552. The standard InChI is InChI=1S/C19H17N3O2/c20-11-13-6-7-14-8-9-17(16(14)10-13)22(12-18(21)23)19(24)15-4-2-1-3-5-15/h1-7,10,17H,8-9,12H2,(H2,21,23). The molecule has 2 amide bonds. The molecule has 0 aromatic heterocycles. The van der Waals surface area contributed by atoms with E-state index in [9.17, 15) is 9.59 Å². The number of amides is 2. The Morgan fingerprint density at radius 2 is 1.96 bits per heavy atom. The highest BCUT2D eigenvalue weighted by Gasteiger charge is 2.32. The van der Waals surface area contributed by atoms with Gasteiger partial charge in [0.05, 0.1) is 17.7 Å². The Morgan fingerprint density at radius 3 is 2.62 bits per heavy atom. The third kappa shape index (κ3) is 2.99. The number of carbonyl (C=O) groups excluding carboxylic acids is 2. The van der Waals surface area contributed by atoms with Gasteiger partial charge in [-0.3, -0.25) is 9.59 Å². The molecule has 0 radical (unpaired) electrons. The monoisotopic (exact) mass is 319 g/mol. The van der Waals surface area contributed by atoms with Crippen molar-refractivity contribution in [2.75, 3.05) is 6.54 Å². The molecule has 5 nitrogen and oxygen atoms in total. The maximum absolute atomic E-state index is 12.9. The molecule has 0 saturated carbocycles. The van der Waals surface area contributed by atoms with Gasteiger partial charge >= 0.3 is 0 Å². The van der Waals surface area contributed by atoms with Gasteiger partial charge in [0, 0.05) is 5.56 Å². The first-order valence-electron chi connectivity index (χ1n) is 7.77. The van der Waals surface area contributed by atoms with Crippen LogP contribution in [0.2, 0.25) is 0 Å². The van der Waals surface area contributed by atoms with Crippen LogP contribution in [0.25, 0.3) is 0 Å². The summed E-state index contributed by atoms with van der Waals surface area (Å²) in [5, 5.41) is 9.12. The topological polar surface area (TPSA) is 87.2 Å². The van der Waals surface area contributed by atoms with Gasteiger partial charge in [-0.1, -0.05) is 24.3 Å². The Balaban J connectivity index is 1.99. The zero-order chi connectivity index (χ0) is 17.1. The van der Waals surface area contributed by atoms with Crippen LogP contribution in [-0.2, 0) is 11.2 Å². The van der Waals surface area contributed by atoms with Crippen LogP contribution in [0.5, 0.6) is 0 Å². The molecule has 2 aromatic carbocycles. The highest BCUT2D eigenvalue weighted by molar-refractivity contribution is 5.96. The Bertz CT molecular complexity index is 824. The van der Waals surface area contributed by atoms with Crippen molar-refractivity contribution in [3.8, 4) is 6.07 Å². The molecule has 1 aliphatic rings. The molecule has 1 atom stereocenters. The van der Waals surface area contributed by atoms with Crippen LogP contribution in [-0.4, -0.2) is 23.3 Å². The molecule has 0 fully saturated rings. The lowest BCUT2D eigenvalue weighted by Crippen LogP contribution is -2.40. The molecule has 0 bridgehead atoms. The fraction of sp³-hybridized carbons (Fsp3) is 0.211. The number of primary amides is 1. The van der Waals surface area contributed by atoms with Gasteiger partial charge in [-0.25, -0.2) is 0 Å². The van der Waals surface area contributed by atoms with Crippen LogP contribution in [0.15, 0.2) is 48.5 Å². The van der Waals surface area contributed by atoms with E-state index < -0.39 is 5.91 Å². The van der Waals surface area contributed by atoms with Crippen molar-refractivity contribution in [1.29, 1.82) is 5.26 Å². The van der Waals surface area contributed by atoms with E-state index in [0.29, 0.717) is 11.1 Å². The molecule has 0 heterocycles. The minimum Gasteiger partial charge on any atom is -0.368 e. The maximum atomic E-state index is 12.9. The number of nitrogens with two attached hydrogens (primary N) is 1. The van der Waals surface area contributed by atoms with Crippen LogP contribution in [0, 0.1) is 11.3 Å². The van der Waals surface area contributed by atoms with Gasteiger partial charge < -0.3 is 10.6 Å². The lowest BCUT2D eigenvalue weighted by molar-refractivity contribution is -0.119. The average molecular weight is 319 g/mol. The van der Waals surface area contributed by atoms with Gasteiger partial charge in [0.25, 0.3) is 5.91 Å². The minimum absolute atomic E-state index is 0.144. The van der Waals surface area contributed by atoms with Crippen LogP contribution in [0.3, 0.4) is 0 Å². The van der Waals surface area contributed by atoms with E-state index in [1.165, 1.54) is 4.90 Å². The number of nitrogens with zero attached hydrogens (tertiary/aromatic N) is 2. The van der Waals surface area contributed by atoms with Crippen LogP contribution < -0.4 is 5.73 Å². The highest BCUT2D eigenvalue weighted by atomic mass is 16.2. The van der Waals surface area contributed by atoms with E-state index in [1.54, 1.807) is 36.4 Å². The van der Waals surface area contributed by atoms with E-state index in [-0.39, 0.29) is 18.5 Å². The second-order valence-electron chi connectivity index (χ2n) is 5.85. The fourth-order valence-electron chi connectivity index (χ4n) is 3.21. The number of hydrogen-bond donors (Lipinski definition) is 1. The second-order valence-corrected chi connectivity index (χ2v) is 5.85. The Labute approximate surface area is 140 Å². The molecule has 2 aromatic rings. The molecule has 1 unspecified atom stereocenters. The Morgan fingerprint density at radius 1 is 1.21 bits per heavy atom. The average Bonchev–Trinajstić information content (AvgIpc) is 3.02. The molecular formula is C19H17N3O2. The number of aryl methyl sites for hydroxylation is 1. The van der Waals surface area contributed by atoms with Crippen molar-refractivity contribution in [2.45, 2.75) is 18.9 Å². The van der Waals surface area contributed by atoms with E-state index in [4.69, 9.17) is 11.0 Å². The van der Waals surface area contributed by atoms with Gasteiger partial charge in [0.2, 0.25) is 5.91 Å². The lowest BCUT2D eigenvalue weighted by Gasteiger charge is -2.29. The molecule has 5 heteroatoms. The smallest absolute Gasteiger partial charge is 0.254 e. The summed E-state index contributed by atoms with van der Waals surface area (Å²) in [5.41, 5.74) is 8.47. The van der Waals surface area contributed by atoms with Gasteiger partial charge in [-0.15, -0.1) is 0 Å². The quantitative estimate of drug-likeness (QED) is 0.937. The summed E-state index contributed by atoms with van der Waals surface area (Å²) in [4.78, 5) is 25.9. The first-order chi connectivity index (χ1) is 11.6. The number of hydrogen-bond acceptors (Lipinski definition) is 3. The summed E-state index contributed by atoms with van der Waals surface area (Å²) in [5.74, 6) is -0.779. The summed E-state index contributed by atoms with van der Waals surface area (Å²) >= 11 is 0. The van der Waals surface area contributed by atoms with Crippen molar-refractivity contribution in [1.82, 2.24) is 4.90 Å².